The minimum absolute atomic E-state index is 0.0948. The van der Waals surface area contributed by atoms with E-state index in [4.69, 9.17) is 0 Å². The lowest BCUT2D eigenvalue weighted by molar-refractivity contribution is -0.140. The molecule has 6 nitrogen and oxygen atoms in total. The van der Waals surface area contributed by atoms with Gasteiger partial charge in [0.05, 0.1) is 18.4 Å². The molecule has 21 heavy (non-hydrogen) atoms. The highest BCUT2D eigenvalue weighted by Crippen LogP contribution is 2.13. The van der Waals surface area contributed by atoms with Gasteiger partial charge in [0.2, 0.25) is 0 Å². The Hall–Kier alpha value is -1.89. The van der Waals surface area contributed by atoms with E-state index >= 15 is 0 Å². The molecule has 0 saturated heterocycles. The molecule has 0 heterocycles. The molecule has 116 valence electrons. The Morgan fingerprint density at radius 3 is 2.48 bits per heavy atom. The van der Waals surface area contributed by atoms with Crippen LogP contribution in [0.5, 0.6) is 0 Å². The van der Waals surface area contributed by atoms with Gasteiger partial charge in [-0.15, -0.1) is 0 Å². The smallest absolute Gasteiger partial charge is 0.307 e. The monoisotopic (exact) mass is 313 g/mol. The number of methoxy groups -OCH3 is 1. The van der Waals surface area contributed by atoms with Crippen molar-refractivity contribution in [2.24, 2.45) is 0 Å². The molecule has 0 bridgehead atoms. The number of ether oxygens (including phenoxy) is 1. The van der Waals surface area contributed by atoms with Gasteiger partial charge in [-0.25, -0.2) is 8.42 Å². The lowest BCUT2D eigenvalue weighted by atomic mass is 10.2. The Morgan fingerprint density at radius 1 is 1.29 bits per heavy atom. The molecule has 1 aromatic rings. The van der Waals surface area contributed by atoms with Crippen molar-refractivity contribution in [1.82, 2.24) is 4.90 Å². The molecule has 0 spiro atoms. The highest BCUT2D eigenvalue weighted by atomic mass is 32.2. The molecule has 0 aliphatic rings. The Morgan fingerprint density at radius 2 is 1.95 bits per heavy atom. The first-order chi connectivity index (χ1) is 9.79. The zero-order valence-electron chi connectivity index (χ0n) is 12.3. The summed E-state index contributed by atoms with van der Waals surface area (Å²) in [4.78, 5) is 25.0. The van der Waals surface area contributed by atoms with Crippen LogP contribution in [0, 0.1) is 0 Å². The van der Waals surface area contributed by atoms with E-state index in [-0.39, 0.29) is 29.3 Å². The predicted octanol–water partition coefficient (Wildman–Crippen LogP) is 1.12. The third-order valence-electron chi connectivity index (χ3n) is 2.99. The van der Waals surface area contributed by atoms with E-state index in [0.717, 1.165) is 6.26 Å². The van der Waals surface area contributed by atoms with E-state index in [1.54, 1.807) is 13.0 Å². The van der Waals surface area contributed by atoms with Crippen LogP contribution in [0.3, 0.4) is 0 Å². The molecule has 0 aliphatic heterocycles. The van der Waals surface area contributed by atoms with Crippen molar-refractivity contribution in [3.05, 3.63) is 29.8 Å². The van der Waals surface area contributed by atoms with E-state index in [1.165, 1.54) is 30.2 Å². The maximum atomic E-state index is 12.3. The first-order valence-corrected chi connectivity index (χ1v) is 8.35. The first-order valence-electron chi connectivity index (χ1n) is 6.45. The van der Waals surface area contributed by atoms with Crippen molar-refractivity contribution < 1.29 is 22.7 Å². The summed E-state index contributed by atoms with van der Waals surface area (Å²) >= 11 is 0. The number of hydrogen-bond donors (Lipinski definition) is 0. The van der Waals surface area contributed by atoms with Gasteiger partial charge in [0.1, 0.15) is 0 Å². The van der Waals surface area contributed by atoms with Crippen molar-refractivity contribution in [2.75, 3.05) is 26.5 Å². The van der Waals surface area contributed by atoms with Crippen LogP contribution in [0.1, 0.15) is 23.7 Å². The van der Waals surface area contributed by atoms with Crippen LogP contribution in [-0.4, -0.2) is 51.6 Å². The van der Waals surface area contributed by atoms with E-state index in [0.29, 0.717) is 6.54 Å². The largest absolute Gasteiger partial charge is 0.469 e. The molecule has 7 heteroatoms. The van der Waals surface area contributed by atoms with Gasteiger partial charge in [-0.2, -0.15) is 0 Å². The molecule has 1 aromatic carbocycles. The number of carbonyl (C=O) groups excluding carboxylic acids is 2. The molecular formula is C14H19NO5S. The highest BCUT2D eigenvalue weighted by molar-refractivity contribution is 7.90. The van der Waals surface area contributed by atoms with E-state index in [1.807, 2.05) is 0 Å². The fraction of sp³-hybridized carbons (Fsp3) is 0.429. The molecule has 1 rings (SSSR count). The molecule has 0 fully saturated rings. The third kappa shape index (κ3) is 4.86. The Labute approximate surface area is 124 Å². The van der Waals surface area contributed by atoms with Crippen LogP contribution in [-0.2, 0) is 19.4 Å². The average Bonchev–Trinajstić information content (AvgIpc) is 2.46. The summed E-state index contributed by atoms with van der Waals surface area (Å²) in [6.45, 7) is 2.43. The van der Waals surface area contributed by atoms with Gasteiger partial charge in [0, 0.05) is 24.9 Å². The summed E-state index contributed by atoms with van der Waals surface area (Å²) in [7, 11) is -2.08. The SMILES string of the molecule is CCN(CCC(=O)OC)C(=O)c1cccc(S(C)(=O)=O)c1. The minimum Gasteiger partial charge on any atom is -0.469 e. The van der Waals surface area contributed by atoms with Crippen LogP contribution < -0.4 is 0 Å². The van der Waals surface area contributed by atoms with Gasteiger partial charge in [0.15, 0.2) is 9.84 Å². The lowest BCUT2D eigenvalue weighted by Crippen LogP contribution is -2.33. The molecule has 0 N–H and O–H groups in total. The number of nitrogens with zero attached hydrogens (tertiary/aromatic N) is 1. The summed E-state index contributed by atoms with van der Waals surface area (Å²) in [5.74, 6) is -0.710. The van der Waals surface area contributed by atoms with Gasteiger partial charge in [-0.05, 0) is 25.1 Å². The first kappa shape index (κ1) is 17.2. The van der Waals surface area contributed by atoms with Crippen molar-refractivity contribution in [1.29, 1.82) is 0 Å². The van der Waals surface area contributed by atoms with Gasteiger partial charge in [-0.1, -0.05) is 6.07 Å². The summed E-state index contributed by atoms with van der Waals surface area (Å²) in [5, 5.41) is 0. The van der Waals surface area contributed by atoms with Crippen LogP contribution in [0.2, 0.25) is 0 Å². The quantitative estimate of drug-likeness (QED) is 0.735. The zero-order chi connectivity index (χ0) is 16.0. The summed E-state index contributed by atoms with van der Waals surface area (Å²) in [6.07, 6.45) is 1.19. The number of amides is 1. The summed E-state index contributed by atoms with van der Waals surface area (Å²) in [6, 6.07) is 5.87. The van der Waals surface area contributed by atoms with E-state index < -0.39 is 15.8 Å². The van der Waals surface area contributed by atoms with Gasteiger partial charge < -0.3 is 9.64 Å². The van der Waals surface area contributed by atoms with Crippen LogP contribution in [0.15, 0.2) is 29.2 Å². The van der Waals surface area contributed by atoms with Crippen molar-refractivity contribution in [3.63, 3.8) is 0 Å². The van der Waals surface area contributed by atoms with Gasteiger partial charge in [-0.3, -0.25) is 9.59 Å². The molecule has 0 aliphatic carbocycles. The second-order valence-corrected chi connectivity index (χ2v) is 6.53. The van der Waals surface area contributed by atoms with E-state index in [9.17, 15) is 18.0 Å². The number of hydrogen-bond acceptors (Lipinski definition) is 5. The van der Waals surface area contributed by atoms with Crippen LogP contribution >= 0.6 is 0 Å². The maximum Gasteiger partial charge on any atom is 0.307 e. The number of sulfone groups is 1. The number of benzene rings is 1. The Bertz CT molecular complexity index is 624. The average molecular weight is 313 g/mol. The van der Waals surface area contributed by atoms with Crippen molar-refractivity contribution in [2.45, 2.75) is 18.2 Å². The predicted molar refractivity (Wildman–Crippen MR) is 77.8 cm³/mol. The van der Waals surface area contributed by atoms with Crippen LogP contribution in [0.25, 0.3) is 0 Å². The third-order valence-corrected chi connectivity index (χ3v) is 4.10. The molecule has 1 amide bonds. The standard InChI is InChI=1S/C14H19NO5S/c1-4-15(9-8-13(16)20-2)14(17)11-6-5-7-12(10-11)21(3,18)19/h5-7,10H,4,8-9H2,1-3H3. The number of esters is 1. The fourth-order valence-electron chi connectivity index (χ4n) is 1.77. The molecule has 0 atom stereocenters. The second-order valence-electron chi connectivity index (χ2n) is 4.51. The summed E-state index contributed by atoms with van der Waals surface area (Å²) in [5.41, 5.74) is 0.282. The highest BCUT2D eigenvalue weighted by Gasteiger charge is 2.17. The number of carbonyl (C=O) groups is 2. The molecule has 0 saturated carbocycles. The Balaban J connectivity index is 2.93. The van der Waals surface area contributed by atoms with Gasteiger partial charge >= 0.3 is 5.97 Å². The van der Waals surface area contributed by atoms with E-state index in [2.05, 4.69) is 4.74 Å². The lowest BCUT2D eigenvalue weighted by Gasteiger charge is -2.20. The topological polar surface area (TPSA) is 80.8 Å². The zero-order valence-corrected chi connectivity index (χ0v) is 13.1. The second kappa shape index (κ2) is 7.21. The van der Waals surface area contributed by atoms with Crippen molar-refractivity contribution in [3.8, 4) is 0 Å². The molecule has 0 radical (unpaired) electrons. The summed E-state index contributed by atoms with van der Waals surface area (Å²) < 4.78 is 27.6. The van der Waals surface area contributed by atoms with Crippen molar-refractivity contribution >= 4 is 21.7 Å². The minimum atomic E-state index is -3.37. The molecule has 0 unspecified atom stereocenters. The Kier molecular flexibility index (Phi) is 5.90. The molecule has 0 aromatic heterocycles. The maximum absolute atomic E-state index is 12.3. The number of rotatable bonds is 6. The van der Waals surface area contributed by atoms with Crippen LogP contribution in [0.4, 0.5) is 0 Å². The fourth-order valence-corrected chi connectivity index (χ4v) is 2.44. The normalized spacial score (nSPS) is 11.0. The van der Waals surface area contributed by atoms with Gasteiger partial charge in [0.25, 0.3) is 5.91 Å². The molecular weight excluding hydrogens is 294 g/mol.